The van der Waals surface area contributed by atoms with Crippen LogP contribution in [0.3, 0.4) is 0 Å². The number of fused-ring (bicyclic) bond motifs is 1. The molecule has 0 saturated heterocycles. The zero-order valence-corrected chi connectivity index (χ0v) is 7.60. The van der Waals surface area contributed by atoms with E-state index in [9.17, 15) is 9.18 Å². The summed E-state index contributed by atoms with van der Waals surface area (Å²) in [5.41, 5.74) is 1.21. The second kappa shape index (κ2) is 3.14. The minimum absolute atomic E-state index is 0.174. The van der Waals surface area contributed by atoms with Crippen LogP contribution in [0.5, 0.6) is 0 Å². The van der Waals surface area contributed by atoms with E-state index in [1.54, 1.807) is 12.3 Å². The van der Waals surface area contributed by atoms with Crippen LogP contribution in [0.1, 0.15) is 6.92 Å². The molecule has 14 heavy (non-hydrogen) atoms. The van der Waals surface area contributed by atoms with E-state index >= 15 is 0 Å². The van der Waals surface area contributed by atoms with Crippen LogP contribution in [0, 0.1) is 5.82 Å². The Kier molecular flexibility index (Phi) is 1.96. The number of aromatic amines is 1. The lowest BCUT2D eigenvalue weighted by molar-refractivity contribution is -0.114. The van der Waals surface area contributed by atoms with Crippen molar-refractivity contribution in [2.75, 3.05) is 5.32 Å². The highest BCUT2D eigenvalue weighted by atomic mass is 19.1. The fourth-order valence-corrected chi connectivity index (χ4v) is 1.41. The Bertz CT molecular complexity index is 490. The van der Waals surface area contributed by atoms with E-state index in [1.807, 2.05) is 0 Å². The molecule has 2 rings (SSSR count). The molecule has 0 aliphatic heterocycles. The molecule has 3 nitrogen and oxygen atoms in total. The van der Waals surface area contributed by atoms with Gasteiger partial charge in [-0.15, -0.1) is 0 Å². The normalized spacial score (nSPS) is 10.4. The summed E-state index contributed by atoms with van der Waals surface area (Å²) in [4.78, 5) is 13.7. The van der Waals surface area contributed by atoms with Crippen LogP contribution in [0.25, 0.3) is 10.9 Å². The smallest absolute Gasteiger partial charge is 0.221 e. The summed E-state index contributed by atoms with van der Waals surface area (Å²) in [7, 11) is 0. The van der Waals surface area contributed by atoms with Gasteiger partial charge in [0, 0.05) is 18.5 Å². The molecule has 1 amide bonds. The first kappa shape index (κ1) is 8.74. The minimum atomic E-state index is -0.296. The van der Waals surface area contributed by atoms with E-state index in [2.05, 4.69) is 10.3 Å². The van der Waals surface area contributed by atoms with Crippen molar-refractivity contribution in [1.82, 2.24) is 4.98 Å². The van der Waals surface area contributed by atoms with Crippen molar-refractivity contribution in [3.8, 4) is 0 Å². The number of hydrogen-bond donors (Lipinski definition) is 2. The largest absolute Gasteiger partial charge is 0.359 e. The van der Waals surface area contributed by atoms with E-state index in [0.29, 0.717) is 16.6 Å². The van der Waals surface area contributed by atoms with Crippen LogP contribution in [0.2, 0.25) is 0 Å². The third-order valence-electron chi connectivity index (χ3n) is 1.98. The quantitative estimate of drug-likeness (QED) is 0.715. The van der Waals surface area contributed by atoms with E-state index in [1.165, 1.54) is 19.1 Å². The van der Waals surface area contributed by atoms with Crippen LogP contribution in [-0.4, -0.2) is 10.9 Å². The molecular formula is C10H9FN2O. The average molecular weight is 192 g/mol. The fourth-order valence-electron chi connectivity index (χ4n) is 1.41. The van der Waals surface area contributed by atoms with Gasteiger partial charge in [-0.05, 0) is 18.2 Å². The summed E-state index contributed by atoms with van der Waals surface area (Å²) in [6.45, 7) is 1.41. The molecule has 0 spiro atoms. The lowest BCUT2D eigenvalue weighted by Gasteiger charge is -2.03. The third-order valence-corrected chi connectivity index (χ3v) is 1.98. The number of amides is 1. The molecule has 72 valence electrons. The van der Waals surface area contributed by atoms with Gasteiger partial charge in [-0.1, -0.05) is 0 Å². The standard InChI is InChI=1S/C10H9FN2O/c1-6(14)13-9-3-2-8(11)7-4-5-12-10(7)9/h2-5,12H,1H3,(H,13,14). The number of aromatic nitrogens is 1. The van der Waals surface area contributed by atoms with Gasteiger partial charge >= 0.3 is 0 Å². The molecule has 1 aromatic carbocycles. The van der Waals surface area contributed by atoms with E-state index in [4.69, 9.17) is 0 Å². The number of benzene rings is 1. The van der Waals surface area contributed by atoms with Crippen molar-refractivity contribution in [3.05, 3.63) is 30.2 Å². The number of anilines is 1. The van der Waals surface area contributed by atoms with Crippen LogP contribution in [0.15, 0.2) is 24.4 Å². The SMILES string of the molecule is CC(=O)Nc1ccc(F)c2cc[nH]c12. The van der Waals surface area contributed by atoms with Gasteiger partial charge in [0.15, 0.2) is 0 Å². The summed E-state index contributed by atoms with van der Waals surface area (Å²) in [5.74, 6) is -0.470. The number of nitrogens with one attached hydrogen (secondary N) is 2. The molecule has 0 aliphatic carbocycles. The van der Waals surface area contributed by atoms with E-state index < -0.39 is 0 Å². The number of carbonyl (C=O) groups excluding carboxylic acids is 1. The summed E-state index contributed by atoms with van der Waals surface area (Å²) in [5, 5.41) is 3.11. The van der Waals surface area contributed by atoms with Gasteiger partial charge < -0.3 is 10.3 Å². The molecule has 0 fully saturated rings. The van der Waals surface area contributed by atoms with Crippen molar-refractivity contribution < 1.29 is 9.18 Å². The Balaban J connectivity index is 2.60. The monoisotopic (exact) mass is 192 g/mol. The van der Waals surface area contributed by atoms with Gasteiger partial charge in [-0.2, -0.15) is 0 Å². The molecule has 0 bridgehead atoms. The van der Waals surface area contributed by atoms with Crippen LogP contribution in [-0.2, 0) is 4.79 Å². The number of H-pyrrole nitrogens is 1. The molecule has 0 unspecified atom stereocenters. The Hall–Kier alpha value is -1.84. The Morgan fingerprint density at radius 1 is 1.43 bits per heavy atom. The third kappa shape index (κ3) is 1.35. The molecular weight excluding hydrogens is 183 g/mol. The van der Waals surface area contributed by atoms with Crippen molar-refractivity contribution in [2.24, 2.45) is 0 Å². The summed E-state index contributed by atoms with van der Waals surface area (Å²) in [6.07, 6.45) is 1.64. The fraction of sp³-hybridized carbons (Fsp3) is 0.100. The van der Waals surface area contributed by atoms with Crippen LogP contribution >= 0.6 is 0 Å². The van der Waals surface area contributed by atoms with Gasteiger partial charge in [0.05, 0.1) is 11.2 Å². The van der Waals surface area contributed by atoms with E-state index in [-0.39, 0.29) is 11.7 Å². The van der Waals surface area contributed by atoms with Crippen molar-refractivity contribution in [1.29, 1.82) is 0 Å². The summed E-state index contributed by atoms with van der Waals surface area (Å²) >= 11 is 0. The molecule has 2 N–H and O–H groups in total. The lowest BCUT2D eigenvalue weighted by Crippen LogP contribution is -2.06. The summed E-state index contributed by atoms with van der Waals surface area (Å²) in [6, 6.07) is 4.51. The van der Waals surface area contributed by atoms with Gasteiger partial charge in [-0.25, -0.2) is 4.39 Å². The average Bonchev–Trinajstić information content (AvgIpc) is 2.58. The first-order valence-corrected chi connectivity index (χ1v) is 4.21. The zero-order chi connectivity index (χ0) is 10.1. The van der Waals surface area contributed by atoms with Gasteiger partial charge in [0.25, 0.3) is 0 Å². The first-order valence-electron chi connectivity index (χ1n) is 4.21. The zero-order valence-electron chi connectivity index (χ0n) is 7.60. The predicted molar refractivity (Wildman–Crippen MR) is 52.6 cm³/mol. The van der Waals surface area contributed by atoms with Gasteiger partial charge in [0.1, 0.15) is 5.82 Å². The predicted octanol–water partition coefficient (Wildman–Crippen LogP) is 2.27. The molecule has 0 aliphatic rings. The van der Waals surface area contributed by atoms with Crippen molar-refractivity contribution in [2.45, 2.75) is 6.92 Å². The Labute approximate surface area is 79.9 Å². The molecule has 0 atom stereocenters. The lowest BCUT2D eigenvalue weighted by atomic mass is 10.2. The number of rotatable bonds is 1. The molecule has 4 heteroatoms. The maximum Gasteiger partial charge on any atom is 0.221 e. The Morgan fingerprint density at radius 2 is 2.21 bits per heavy atom. The number of hydrogen-bond acceptors (Lipinski definition) is 1. The second-order valence-electron chi connectivity index (χ2n) is 3.04. The summed E-state index contributed by atoms with van der Waals surface area (Å²) < 4.78 is 13.2. The van der Waals surface area contributed by atoms with Crippen LogP contribution < -0.4 is 5.32 Å². The molecule has 2 aromatic rings. The molecule has 1 aromatic heterocycles. The highest BCUT2D eigenvalue weighted by Crippen LogP contribution is 2.24. The molecule has 1 heterocycles. The molecule has 0 saturated carbocycles. The number of carbonyl (C=O) groups is 1. The highest BCUT2D eigenvalue weighted by molar-refractivity contribution is 5.99. The van der Waals surface area contributed by atoms with E-state index in [0.717, 1.165) is 0 Å². The maximum absolute atomic E-state index is 13.2. The van der Waals surface area contributed by atoms with Crippen LogP contribution in [0.4, 0.5) is 10.1 Å². The van der Waals surface area contributed by atoms with Crippen molar-refractivity contribution >= 4 is 22.5 Å². The minimum Gasteiger partial charge on any atom is -0.359 e. The first-order chi connectivity index (χ1) is 6.68. The van der Waals surface area contributed by atoms with Crippen molar-refractivity contribution in [3.63, 3.8) is 0 Å². The highest BCUT2D eigenvalue weighted by Gasteiger charge is 2.06. The Morgan fingerprint density at radius 3 is 2.93 bits per heavy atom. The van der Waals surface area contributed by atoms with Gasteiger partial charge in [0.2, 0.25) is 5.91 Å². The topological polar surface area (TPSA) is 44.9 Å². The maximum atomic E-state index is 13.2. The second-order valence-corrected chi connectivity index (χ2v) is 3.04. The van der Waals surface area contributed by atoms with Gasteiger partial charge in [-0.3, -0.25) is 4.79 Å². The molecule has 0 radical (unpaired) electrons. The number of halogens is 1.